The fraction of sp³-hybridized carbons (Fsp3) is 0.636. The summed E-state index contributed by atoms with van der Waals surface area (Å²) in [7, 11) is 0. The molecular weight excluding hydrogens is 395 g/mol. The summed E-state index contributed by atoms with van der Waals surface area (Å²) < 4.78 is 51.6. The van der Waals surface area contributed by atoms with Gasteiger partial charge in [-0.15, -0.1) is 0 Å². The monoisotopic (exact) mass is 425 g/mol. The van der Waals surface area contributed by atoms with E-state index in [1.807, 2.05) is 0 Å². The van der Waals surface area contributed by atoms with Crippen LogP contribution in [0, 0.1) is 0 Å². The Morgan fingerprint density at radius 3 is 2.70 bits per heavy atom. The van der Waals surface area contributed by atoms with Gasteiger partial charge in [-0.3, -0.25) is 0 Å². The number of alkyl halides is 3. The number of nitrogens with zero attached hydrogens (tertiary/aromatic N) is 2. The molecule has 0 spiro atoms. The molecule has 0 bridgehead atoms. The van der Waals surface area contributed by atoms with Crippen LogP contribution in [0.2, 0.25) is 0 Å². The normalized spacial score (nSPS) is 17.3. The summed E-state index contributed by atoms with van der Waals surface area (Å²) in [5.41, 5.74) is -0.537. The number of halogens is 3. The lowest BCUT2D eigenvalue weighted by atomic mass is 10.00. The van der Waals surface area contributed by atoms with E-state index in [1.165, 1.54) is 12.5 Å². The molecule has 1 atom stereocenters. The van der Waals surface area contributed by atoms with Crippen molar-refractivity contribution in [2.75, 3.05) is 19.7 Å². The molecule has 1 unspecified atom stereocenters. The molecule has 1 aliphatic rings. The first-order chi connectivity index (χ1) is 14.5. The van der Waals surface area contributed by atoms with Gasteiger partial charge in [-0.2, -0.15) is 18.2 Å². The van der Waals surface area contributed by atoms with Crippen molar-refractivity contribution in [3.05, 3.63) is 29.7 Å². The van der Waals surface area contributed by atoms with Gasteiger partial charge in [-0.1, -0.05) is 44.2 Å². The van der Waals surface area contributed by atoms with Crippen molar-refractivity contribution in [2.24, 2.45) is 0 Å². The molecule has 0 aliphatic carbocycles. The van der Waals surface area contributed by atoms with E-state index in [2.05, 4.69) is 22.4 Å². The van der Waals surface area contributed by atoms with Gasteiger partial charge < -0.3 is 14.6 Å². The summed E-state index contributed by atoms with van der Waals surface area (Å²) >= 11 is 0. The topological polar surface area (TPSA) is 60.2 Å². The van der Waals surface area contributed by atoms with Crippen LogP contribution in [0.15, 0.2) is 22.7 Å². The highest BCUT2D eigenvalue weighted by Gasteiger charge is 2.35. The Bertz CT molecular complexity index is 786. The molecule has 5 nitrogen and oxygen atoms in total. The van der Waals surface area contributed by atoms with Crippen LogP contribution in [-0.2, 0) is 6.18 Å². The van der Waals surface area contributed by atoms with E-state index >= 15 is 0 Å². The highest BCUT2D eigenvalue weighted by Crippen LogP contribution is 2.38. The Hall–Kier alpha value is -2.09. The van der Waals surface area contributed by atoms with Crippen LogP contribution >= 0.6 is 0 Å². The number of piperidine rings is 1. The summed E-state index contributed by atoms with van der Waals surface area (Å²) in [6.07, 6.45) is 3.70. The Kier molecular flexibility index (Phi) is 8.13. The zero-order valence-electron chi connectivity index (χ0n) is 17.4. The second-order valence-electron chi connectivity index (χ2n) is 7.82. The number of nitrogens with one attached hydrogen (secondary N) is 1. The van der Waals surface area contributed by atoms with E-state index in [0.717, 1.165) is 64.1 Å². The lowest BCUT2D eigenvalue weighted by molar-refractivity contribution is -0.138. The van der Waals surface area contributed by atoms with E-state index in [-0.39, 0.29) is 29.7 Å². The van der Waals surface area contributed by atoms with Gasteiger partial charge in [0, 0.05) is 12.1 Å². The van der Waals surface area contributed by atoms with Crippen LogP contribution in [0.3, 0.4) is 0 Å². The second kappa shape index (κ2) is 10.8. The summed E-state index contributed by atoms with van der Waals surface area (Å²) in [4.78, 5) is 4.34. The fourth-order valence-corrected chi connectivity index (χ4v) is 3.66. The molecule has 0 amide bonds. The lowest BCUT2D eigenvalue weighted by Crippen LogP contribution is -2.28. The Labute approximate surface area is 175 Å². The number of hydrogen-bond acceptors (Lipinski definition) is 5. The molecule has 1 fully saturated rings. The van der Waals surface area contributed by atoms with Crippen LogP contribution < -0.4 is 10.1 Å². The van der Waals surface area contributed by atoms with E-state index in [4.69, 9.17) is 9.26 Å². The Morgan fingerprint density at radius 1 is 1.17 bits per heavy atom. The maximum atomic E-state index is 13.6. The minimum atomic E-state index is -4.52. The fourth-order valence-electron chi connectivity index (χ4n) is 3.66. The number of hydrogen-bond donors (Lipinski definition) is 1. The lowest BCUT2D eigenvalue weighted by Gasteiger charge is -2.18. The predicted octanol–water partition coefficient (Wildman–Crippen LogP) is 5.96. The van der Waals surface area contributed by atoms with Crippen LogP contribution in [0.5, 0.6) is 5.75 Å². The largest absolute Gasteiger partial charge is 0.493 e. The Balaban J connectivity index is 1.66. The van der Waals surface area contributed by atoms with Crippen molar-refractivity contribution in [2.45, 2.75) is 70.4 Å². The molecule has 0 saturated carbocycles. The molecule has 1 N–H and O–H groups in total. The van der Waals surface area contributed by atoms with Gasteiger partial charge in [0.05, 0.1) is 18.1 Å². The third-order valence-electron chi connectivity index (χ3n) is 5.39. The SMILES string of the molecule is CCCCCCCCOc1ccc(-c2noc(C3CCCNC3)n2)cc1C(F)(F)F. The second-order valence-corrected chi connectivity index (χ2v) is 7.82. The van der Waals surface area contributed by atoms with E-state index in [9.17, 15) is 13.2 Å². The molecule has 166 valence electrons. The zero-order valence-corrected chi connectivity index (χ0v) is 17.4. The smallest absolute Gasteiger partial charge is 0.419 e. The van der Waals surface area contributed by atoms with Crippen LogP contribution in [0.25, 0.3) is 11.4 Å². The van der Waals surface area contributed by atoms with Gasteiger partial charge >= 0.3 is 6.18 Å². The molecule has 0 radical (unpaired) electrons. The summed E-state index contributed by atoms with van der Waals surface area (Å²) in [5.74, 6) is 0.583. The van der Waals surface area contributed by atoms with Crippen LogP contribution in [-0.4, -0.2) is 29.8 Å². The van der Waals surface area contributed by atoms with Crippen molar-refractivity contribution < 1.29 is 22.4 Å². The Morgan fingerprint density at radius 2 is 1.97 bits per heavy atom. The van der Waals surface area contributed by atoms with E-state index < -0.39 is 11.7 Å². The van der Waals surface area contributed by atoms with Crippen molar-refractivity contribution >= 4 is 0 Å². The number of benzene rings is 1. The molecule has 30 heavy (non-hydrogen) atoms. The van der Waals surface area contributed by atoms with Gasteiger partial charge in [0.1, 0.15) is 5.75 Å². The van der Waals surface area contributed by atoms with Gasteiger partial charge in [-0.05, 0) is 44.0 Å². The minimum Gasteiger partial charge on any atom is -0.493 e. The number of ether oxygens (including phenoxy) is 1. The highest BCUT2D eigenvalue weighted by molar-refractivity contribution is 5.59. The average Bonchev–Trinajstić information content (AvgIpc) is 3.23. The van der Waals surface area contributed by atoms with Gasteiger partial charge in [0.15, 0.2) is 0 Å². The molecule has 8 heteroatoms. The molecule has 2 heterocycles. The van der Waals surface area contributed by atoms with Crippen molar-refractivity contribution in [3.63, 3.8) is 0 Å². The summed E-state index contributed by atoms with van der Waals surface area (Å²) in [5, 5.41) is 7.17. The van der Waals surface area contributed by atoms with Gasteiger partial charge in [0.2, 0.25) is 11.7 Å². The summed E-state index contributed by atoms with van der Waals surface area (Å²) in [6, 6.07) is 3.96. The third-order valence-corrected chi connectivity index (χ3v) is 5.39. The molecule has 1 aromatic carbocycles. The van der Waals surface area contributed by atoms with Crippen molar-refractivity contribution in [1.29, 1.82) is 0 Å². The van der Waals surface area contributed by atoms with E-state index in [0.29, 0.717) is 5.89 Å². The number of aromatic nitrogens is 2. The summed E-state index contributed by atoms with van der Waals surface area (Å²) in [6.45, 7) is 4.11. The van der Waals surface area contributed by atoms with Gasteiger partial charge in [0.25, 0.3) is 0 Å². The highest BCUT2D eigenvalue weighted by atomic mass is 19.4. The predicted molar refractivity (Wildman–Crippen MR) is 108 cm³/mol. The molecule has 2 aromatic rings. The first-order valence-electron chi connectivity index (χ1n) is 10.9. The first-order valence-corrected chi connectivity index (χ1v) is 10.9. The molecular formula is C22H30F3N3O2. The maximum absolute atomic E-state index is 13.6. The maximum Gasteiger partial charge on any atom is 0.419 e. The van der Waals surface area contributed by atoms with Crippen molar-refractivity contribution in [3.8, 4) is 17.1 Å². The molecule has 1 aliphatic heterocycles. The number of rotatable bonds is 10. The quantitative estimate of drug-likeness (QED) is 0.476. The first kappa shape index (κ1) is 22.6. The molecule has 3 rings (SSSR count). The minimum absolute atomic E-state index is 0.0991. The van der Waals surface area contributed by atoms with E-state index in [1.54, 1.807) is 6.07 Å². The molecule has 1 saturated heterocycles. The van der Waals surface area contributed by atoms with Crippen LogP contribution in [0.4, 0.5) is 13.2 Å². The zero-order chi connectivity index (χ0) is 21.4. The average molecular weight is 425 g/mol. The van der Waals surface area contributed by atoms with Crippen LogP contribution in [0.1, 0.15) is 75.7 Å². The van der Waals surface area contributed by atoms with Gasteiger partial charge in [-0.25, -0.2) is 0 Å². The third kappa shape index (κ3) is 6.20. The van der Waals surface area contributed by atoms with Crippen molar-refractivity contribution in [1.82, 2.24) is 15.5 Å². The number of unbranched alkanes of at least 4 members (excludes halogenated alkanes) is 5. The standard InChI is InChI=1S/C22H30F3N3O2/c1-2-3-4-5-6-7-13-29-19-11-10-16(14-18(19)22(23,24)25)20-27-21(30-28-20)17-9-8-12-26-15-17/h10-11,14,17,26H,2-9,12-13,15H2,1H3. The molecule has 1 aromatic heterocycles.